The molecule has 0 spiro atoms. The predicted molar refractivity (Wildman–Crippen MR) is 107 cm³/mol. The molecule has 0 unspecified atom stereocenters. The molecule has 0 saturated carbocycles. The van der Waals surface area contributed by atoms with Gasteiger partial charge in [0.25, 0.3) is 5.91 Å². The standard InChI is InChI=1S/C20H25N3O3S/c1-26-13-10-21-19(25)20(22-17-5-3-2-4-6-17)8-11-23(12-9-20)18(24)16-7-14-27-15-16/h2-7,14-15,22H,8-13H2,1H3,(H,21,25). The number of anilines is 1. The number of carbonyl (C=O) groups excluding carboxylic acids is 2. The first-order chi connectivity index (χ1) is 13.1. The third-order valence-corrected chi connectivity index (χ3v) is 5.54. The Morgan fingerprint density at radius 2 is 1.93 bits per heavy atom. The molecule has 2 heterocycles. The summed E-state index contributed by atoms with van der Waals surface area (Å²) in [5.74, 6) is -0.0182. The Bertz CT molecular complexity index is 741. The number of para-hydroxylation sites is 1. The van der Waals surface area contributed by atoms with Crippen LogP contribution in [0.5, 0.6) is 0 Å². The summed E-state index contributed by atoms with van der Waals surface area (Å²) in [6, 6.07) is 11.6. The van der Waals surface area contributed by atoms with E-state index in [9.17, 15) is 9.59 Å². The summed E-state index contributed by atoms with van der Waals surface area (Å²) in [5.41, 5.74) is 0.880. The van der Waals surface area contributed by atoms with Crippen molar-refractivity contribution in [3.63, 3.8) is 0 Å². The van der Waals surface area contributed by atoms with Crippen molar-refractivity contribution in [1.82, 2.24) is 10.2 Å². The molecule has 1 aromatic carbocycles. The highest BCUT2D eigenvalue weighted by Crippen LogP contribution is 2.28. The zero-order valence-electron chi connectivity index (χ0n) is 15.4. The van der Waals surface area contributed by atoms with Crippen molar-refractivity contribution >= 4 is 28.8 Å². The van der Waals surface area contributed by atoms with Crippen LogP contribution >= 0.6 is 11.3 Å². The number of benzene rings is 1. The summed E-state index contributed by atoms with van der Waals surface area (Å²) >= 11 is 1.51. The van der Waals surface area contributed by atoms with Crippen LogP contribution in [0.25, 0.3) is 0 Å². The zero-order valence-corrected chi connectivity index (χ0v) is 16.3. The number of piperidine rings is 1. The van der Waals surface area contributed by atoms with Crippen LogP contribution in [0.15, 0.2) is 47.2 Å². The number of ether oxygens (including phenoxy) is 1. The van der Waals surface area contributed by atoms with Crippen LogP contribution in [0, 0.1) is 0 Å². The summed E-state index contributed by atoms with van der Waals surface area (Å²) in [6.07, 6.45) is 1.10. The van der Waals surface area contributed by atoms with Gasteiger partial charge in [-0.1, -0.05) is 18.2 Å². The predicted octanol–water partition coefficient (Wildman–Crippen LogP) is 2.60. The molecule has 0 atom stereocenters. The number of rotatable bonds is 7. The maximum Gasteiger partial charge on any atom is 0.254 e. The van der Waals surface area contributed by atoms with Gasteiger partial charge in [-0.3, -0.25) is 9.59 Å². The van der Waals surface area contributed by atoms with Gasteiger partial charge in [-0.25, -0.2) is 0 Å². The van der Waals surface area contributed by atoms with Crippen LogP contribution in [0.1, 0.15) is 23.2 Å². The Labute approximate surface area is 163 Å². The first-order valence-corrected chi connectivity index (χ1v) is 10.0. The quantitative estimate of drug-likeness (QED) is 0.717. The molecule has 1 fully saturated rings. The van der Waals surface area contributed by atoms with E-state index >= 15 is 0 Å². The molecule has 3 rings (SSSR count). The second-order valence-electron chi connectivity index (χ2n) is 6.63. The van der Waals surface area contributed by atoms with Gasteiger partial charge in [0.1, 0.15) is 5.54 Å². The lowest BCUT2D eigenvalue weighted by Gasteiger charge is -2.41. The first-order valence-electron chi connectivity index (χ1n) is 9.06. The molecular formula is C20H25N3O3S. The van der Waals surface area contributed by atoms with Crippen molar-refractivity contribution in [3.05, 3.63) is 52.7 Å². The lowest BCUT2D eigenvalue weighted by atomic mass is 9.85. The van der Waals surface area contributed by atoms with E-state index < -0.39 is 5.54 Å². The Balaban J connectivity index is 1.71. The van der Waals surface area contributed by atoms with Crippen LogP contribution in [0.4, 0.5) is 5.69 Å². The normalized spacial score (nSPS) is 16.0. The zero-order chi connectivity index (χ0) is 19.1. The van der Waals surface area contributed by atoms with Crippen LogP contribution in [0.2, 0.25) is 0 Å². The number of carbonyl (C=O) groups is 2. The molecule has 0 aliphatic carbocycles. The van der Waals surface area contributed by atoms with Crippen molar-refractivity contribution in [2.24, 2.45) is 0 Å². The fourth-order valence-corrected chi connectivity index (χ4v) is 3.93. The van der Waals surface area contributed by atoms with E-state index in [0.717, 1.165) is 5.69 Å². The number of hydrogen-bond donors (Lipinski definition) is 2. The average molecular weight is 388 g/mol. The Hall–Kier alpha value is -2.38. The van der Waals surface area contributed by atoms with Crippen molar-refractivity contribution in [3.8, 4) is 0 Å². The SMILES string of the molecule is COCCNC(=O)C1(Nc2ccccc2)CCN(C(=O)c2ccsc2)CC1. The number of nitrogens with one attached hydrogen (secondary N) is 2. The molecule has 2 amide bonds. The molecule has 6 nitrogen and oxygen atoms in total. The third-order valence-electron chi connectivity index (χ3n) is 4.86. The summed E-state index contributed by atoms with van der Waals surface area (Å²) in [4.78, 5) is 27.4. The van der Waals surface area contributed by atoms with Gasteiger partial charge >= 0.3 is 0 Å². The lowest BCUT2D eigenvalue weighted by molar-refractivity contribution is -0.127. The second-order valence-corrected chi connectivity index (χ2v) is 7.41. The van der Waals surface area contributed by atoms with Crippen LogP contribution in [0.3, 0.4) is 0 Å². The highest BCUT2D eigenvalue weighted by atomic mass is 32.1. The van der Waals surface area contributed by atoms with E-state index in [0.29, 0.717) is 44.6 Å². The van der Waals surface area contributed by atoms with Crippen LogP contribution < -0.4 is 10.6 Å². The first kappa shape index (κ1) is 19.4. The molecule has 7 heteroatoms. The average Bonchev–Trinajstić information content (AvgIpc) is 3.24. The van der Waals surface area contributed by atoms with Gasteiger partial charge in [-0.15, -0.1) is 0 Å². The number of thiophene rings is 1. The van der Waals surface area contributed by atoms with Gasteiger partial charge in [0.2, 0.25) is 5.91 Å². The van der Waals surface area contributed by atoms with Crippen molar-refractivity contribution in [2.75, 3.05) is 38.7 Å². The molecule has 0 bridgehead atoms. The van der Waals surface area contributed by atoms with Crippen molar-refractivity contribution < 1.29 is 14.3 Å². The summed E-state index contributed by atoms with van der Waals surface area (Å²) in [5, 5.41) is 10.2. The largest absolute Gasteiger partial charge is 0.383 e. The summed E-state index contributed by atoms with van der Waals surface area (Å²) < 4.78 is 5.03. The van der Waals surface area contributed by atoms with E-state index in [1.54, 1.807) is 7.11 Å². The van der Waals surface area contributed by atoms with E-state index in [4.69, 9.17) is 4.74 Å². The molecular weight excluding hydrogens is 362 g/mol. The minimum atomic E-state index is -0.736. The minimum Gasteiger partial charge on any atom is -0.383 e. The van der Waals surface area contributed by atoms with Crippen molar-refractivity contribution in [1.29, 1.82) is 0 Å². The number of amides is 2. The van der Waals surface area contributed by atoms with Gasteiger partial charge in [-0.2, -0.15) is 11.3 Å². The number of likely N-dealkylation sites (tertiary alicyclic amines) is 1. The highest BCUT2D eigenvalue weighted by molar-refractivity contribution is 7.08. The van der Waals surface area contributed by atoms with E-state index in [-0.39, 0.29) is 11.8 Å². The lowest BCUT2D eigenvalue weighted by Crippen LogP contribution is -2.59. The molecule has 1 aliphatic heterocycles. The van der Waals surface area contributed by atoms with E-state index in [1.165, 1.54) is 11.3 Å². The fraction of sp³-hybridized carbons (Fsp3) is 0.400. The Morgan fingerprint density at radius 3 is 2.56 bits per heavy atom. The summed E-state index contributed by atoms with van der Waals surface area (Å²) in [6.45, 7) is 2.00. The number of methoxy groups -OCH3 is 1. The van der Waals surface area contributed by atoms with Crippen LogP contribution in [-0.2, 0) is 9.53 Å². The number of hydrogen-bond acceptors (Lipinski definition) is 5. The molecule has 2 N–H and O–H groups in total. The van der Waals surface area contributed by atoms with Crippen LogP contribution in [-0.4, -0.2) is 55.6 Å². The Kier molecular flexibility index (Phi) is 6.47. The monoisotopic (exact) mass is 387 g/mol. The minimum absolute atomic E-state index is 0.0318. The van der Waals surface area contributed by atoms with Gasteiger partial charge in [0.05, 0.1) is 12.2 Å². The molecule has 0 radical (unpaired) electrons. The van der Waals surface area contributed by atoms with Gasteiger partial charge < -0.3 is 20.3 Å². The molecule has 1 aromatic heterocycles. The molecule has 1 saturated heterocycles. The smallest absolute Gasteiger partial charge is 0.254 e. The van der Waals surface area contributed by atoms with Gasteiger partial charge in [-0.05, 0) is 36.4 Å². The van der Waals surface area contributed by atoms with Crippen molar-refractivity contribution in [2.45, 2.75) is 18.4 Å². The summed E-state index contributed by atoms with van der Waals surface area (Å²) in [7, 11) is 1.61. The van der Waals surface area contributed by atoms with E-state index in [2.05, 4.69) is 10.6 Å². The fourth-order valence-electron chi connectivity index (χ4n) is 3.30. The molecule has 2 aromatic rings. The molecule has 144 valence electrons. The molecule has 1 aliphatic rings. The number of nitrogens with zero attached hydrogens (tertiary/aromatic N) is 1. The van der Waals surface area contributed by atoms with Gasteiger partial charge in [0, 0.05) is 37.8 Å². The third kappa shape index (κ3) is 4.67. The highest BCUT2D eigenvalue weighted by Gasteiger charge is 2.42. The van der Waals surface area contributed by atoms with E-state index in [1.807, 2.05) is 52.1 Å². The maximum atomic E-state index is 13.0. The Morgan fingerprint density at radius 1 is 1.19 bits per heavy atom. The topological polar surface area (TPSA) is 70.7 Å². The second kappa shape index (κ2) is 9.01. The van der Waals surface area contributed by atoms with Gasteiger partial charge in [0.15, 0.2) is 0 Å². The molecule has 27 heavy (non-hydrogen) atoms. The maximum absolute atomic E-state index is 13.0.